The van der Waals surface area contributed by atoms with E-state index >= 15 is 0 Å². The van der Waals surface area contributed by atoms with Gasteiger partial charge in [-0.3, -0.25) is 9.48 Å². The Labute approximate surface area is 186 Å². The minimum Gasteiger partial charge on any atom is -0.593 e. The molecule has 1 amide bonds. The van der Waals surface area contributed by atoms with Gasteiger partial charge in [0, 0.05) is 39.2 Å². The van der Waals surface area contributed by atoms with Crippen LogP contribution in [0.2, 0.25) is 0 Å². The Morgan fingerprint density at radius 2 is 2.06 bits per heavy atom. The number of sulfonamides is 1. The van der Waals surface area contributed by atoms with Gasteiger partial charge in [0.05, 0.1) is 16.6 Å². The first-order valence-corrected chi connectivity index (χ1v) is 12.2. The van der Waals surface area contributed by atoms with Gasteiger partial charge in [-0.1, -0.05) is 9.37 Å². The minimum atomic E-state index is -3.86. The second-order valence-electron chi connectivity index (χ2n) is 8.58. The van der Waals surface area contributed by atoms with Crippen LogP contribution in [0, 0.1) is 13.8 Å². The molecule has 3 aromatic rings. The van der Waals surface area contributed by atoms with Gasteiger partial charge in [0.1, 0.15) is 11.7 Å². The van der Waals surface area contributed by atoms with Crippen molar-refractivity contribution in [3.05, 3.63) is 34.5 Å². The van der Waals surface area contributed by atoms with E-state index in [1.807, 2.05) is 6.07 Å². The number of amides is 1. The summed E-state index contributed by atoms with van der Waals surface area (Å²) in [6.45, 7) is 3.58. The SMILES string of the molecule is CNC(=O)c1cc(C2CC2)nc2c1c(C1CCCN1[S+](=O)([O-])c1c(C)noc1C)nn2C. The van der Waals surface area contributed by atoms with Crippen molar-refractivity contribution in [1.82, 2.24) is 29.5 Å². The number of hydrogen-bond acceptors (Lipinski definition) is 7. The van der Waals surface area contributed by atoms with Crippen molar-refractivity contribution in [3.8, 4) is 0 Å². The summed E-state index contributed by atoms with van der Waals surface area (Å²) in [6.07, 6.45) is 3.41. The standard InChI is InChI=1S/C21H26N6O4S/c1-11-19(12(2)31-25-11)32(29,30)27-9-5-6-16(27)18-17-14(21(28)22-3)10-15(13-7-8-13)23-20(17)26(4)24-18/h10,13,16H,5-9H2,1-4H3,(H-,22,28,29,30). The monoisotopic (exact) mass is 458 g/mol. The van der Waals surface area contributed by atoms with Gasteiger partial charge in [-0.2, -0.15) is 5.10 Å². The number of aromatic nitrogens is 4. The predicted molar refractivity (Wildman–Crippen MR) is 116 cm³/mol. The third-order valence-electron chi connectivity index (χ3n) is 6.36. The molecule has 4 heterocycles. The van der Waals surface area contributed by atoms with Crippen LogP contribution < -0.4 is 5.32 Å². The van der Waals surface area contributed by atoms with Crippen molar-refractivity contribution in [2.75, 3.05) is 13.6 Å². The fraction of sp³-hybridized carbons (Fsp3) is 0.524. The number of carbonyl (C=O) groups is 1. The molecule has 32 heavy (non-hydrogen) atoms. The van der Waals surface area contributed by atoms with Gasteiger partial charge in [0.2, 0.25) is 4.90 Å². The molecule has 10 nitrogen and oxygen atoms in total. The van der Waals surface area contributed by atoms with Crippen LogP contribution in [0.5, 0.6) is 0 Å². The normalized spacial score (nSPS) is 21.2. The van der Waals surface area contributed by atoms with E-state index in [1.165, 1.54) is 4.31 Å². The molecule has 0 spiro atoms. The minimum absolute atomic E-state index is 0.102. The van der Waals surface area contributed by atoms with Gasteiger partial charge in [-0.25, -0.2) is 4.98 Å². The Morgan fingerprint density at radius 3 is 2.69 bits per heavy atom. The van der Waals surface area contributed by atoms with Crippen LogP contribution in [0.4, 0.5) is 0 Å². The van der Waals surface area contributed by atoms with Crippen molar-refractivity contribution in [1.29, 1.82) is 0 Å². The summed E-state index contributed by atoms with van der Waals surface area (Å²) in [5, 5.41) is 11.8. The number of nitrogens with zero attached hydrogens (tertiary/aromatic N) is 5. The highest BCUT2D eigenvalue weighted by molar-refractivity contribution is 7.95. The summed E-state index contributed by atoms with van der Waals surface area (Å²) in [4.78, 5) is 17.7. The quantitative estimate of drug-likeness (QED) is 0.582. The predicted octanol–water partition coefficient (Wildman–Crippen LogP) is 2.55. The Morgan fingerprint density at radius 1 is 1.31 bits per heavy atom. The highest BCUT2D eigenvalue weighted by Crippen LogP contribution is 2.44. The zero-order valence-corrected chi connectivity index (χ0v) is 19.4. The molecule has 5 rings (SSSR count). The van der Waals surface area contributed by atoms with Gasteiger partial charge < -0.3 is 14.4 Å². The van der Waals surface area contributed by atoms with Crippen molar-refractivity contribution in [3.63, 3.8) is 0 Å². The molecule has 11 heteroatoms. The summed E-state index contributed by atoms with van der Waals surface area (Å²) in [7, 11) is -0.485. The topological polar surface area (TPSA) is 129 Å². The van der Waals surface area contributed by atoms with Crippen LogP contribution in [0.25, 0.3) is 11.0 Å². The average Bonchev–Trinajstić information content (AvgIpc) is 3.24. The highest BCUT2D eigenvalue weighted by Gasteiger charge is 2.46. The Balaban J connectivity index is 1.67. The molecule has 1 aliphatic heterocycles. The largest absolute Gasteiger partial charge is 0.593 e. The third-order valence-corrected chi connectivity index (χ3v) is 8.52. The number of fused-ring (bicyclic) bond motifs is 1. The molecule has 1 saturated heterocycles. The average molecular weight is 459 g/mol. The molecule has 0 bridgehead atoms. The Hall–Kier alpha value is -2.63. The van der Waals surface area contributed by atoms with Gasteiger partial charge in [-0.05, 0) is 38.7 Å². The van der Waals surface area contributed by atoms with E-state index in [0.29, 0.717) is 53.3 Å². The molecule has 1 saturated carbocycles. The number of hydrogen-bond donors (Lipinski definition) is 1. The molecule has 1 N–H and O–H groups in total. The second kappa shape index (κ2) is 7.46. The van der Waals surface area contributed by atoms with Crippen LogP contribution in [-0.2, 0) is 21.7 Å². The van der Waals surface area contributed by atoms with E-state index in [1.54, 1.807) is 32.6 Å². The van der Waals surface area contributed by atoms with Crippen LogP contribution in [-0.4, -0.2) is 48.3 Å². The summed E-state index contributed by atoms with van der Waals surface area (Å²) < 4.78 is 35.4. The molecule has 3 aromatic heterocycles. The maximum absolute atomic E-state index is 13.6. The first kappa shape index (κ1) is 21.2. The Bertz CT molecular complexity index is 1260. The molecule has 2 fully saturated rings. The first-order chi connectivity index (χ1) is 15.2. The molecule has 0 aromatic carbocycles. The zero-order chi connectivity index (χ0) is 22.8. The molecular formula is C21H26N6O4S. The van der Waals surface area contributed by atoms with E-state index in [0.717, 1.165) is 18.5 Å². The molecule has 170 valence electrons. The number of aryl methyl sites for hydroxylation is 3. The molecule has 1 aliphatic carbocycles. The number of rotatable bonds is 5. The fourth-order valence-electron chi connectivity index (χ4n) is 4.69. The summed E-state index contributed by atoms with van der Waals surface area (Å²) in [5.41, 5.74) is 2.87. The zero-order valence-electron chi connectivity index (χ0n) is 18.5. The molecule has 2 unspecified atom stereocenters. The van der Waals surface area contributed by atoms with E-state index in [-0.39, 0.29) is 16.6 Å². The van der Waals surface area contributed by atoms with Gasteiger partial charge in [-0.15, -0.1) is 4.31 Å². The lowest BCUT2D eigenvalue weighted by molar-refractivity contribution is 0.0964. The maximum Gasteiger partial charge on any atom is 0.251 e. The van der Waals surface area contributed by atoms with Gasteiger partial charge in [0.25, 0.3) is 5.91 Å². The van der Waals surface area contributed by atoms with E-state index in [4.69, 9.17) is 9.51 Å². The molecule has 2 aliphatic rings. The second-order valence-corrected chi connectivity index (χ2v) is 10.4. The molecule has 0 radical (unpaired) electrons. The lowest BCUT2D eigenvalue weighted by Crippen LogP contribution is -2.37. The Kier molecular flexibility index (Phi) is 4.95. The highest BCUT2D eigenvalue weighted by atomic mass is 32.3. The van der Waals surface area contributed by atoms with Crippen LogP contribution >= 0.6 is 0 Å². The van der Waals surface area contributed by atoms with Crippen molar-refractivity contribution in [2.24, 2.45) is 7.05 Å². The van der Waals surface area contributed by atoms with Crippen molar-refractivity contribution >= 4 is 27.3 Å². The van der Waals surface area contributed by atoms with E-state index in [9.17, 15) is 13.6 Å². The lowest BCUT2D eigenvalue weighted by atomic mass is 10.0. The van der Waals surface area contributed by atoms with E-state index < -0.39 is 16.4 Å². The van der Waals surface area contributed by atoms with Gasteiger partial charge >= 0.3 is 0 Å². The van der Waals surface area contributed by atoms with Crippen LogP contribution in [0.1, 0.15) is 70.8 Å². The molecular weight excluding hydrogens is 432 g/mol. The van der Waals surface area contributed by atoms with Crippen LogP contribution in [0.15, 0.2) is 15.5 Å². The maximum atomic E-state index is 13.6. The first-order valence-electron chi connectivity index (χ1n) is 10.8. The lowest BCUT2D eigenvalue weighted by Gasteiger charge is -2.27. The number of pyridine rings is 1. The summed E-state index contributed by atoms with van der Waals surface area (Å²) >= 11 is 0. The fourth-order valence-corrected chi connectivity index (χ4v) is 6.65. The van der Waals surface area contributed by atoms with E-state index in [2.05, 4.69) is 15.6 Å². The van der Waals surface area contributed by atoms with Gasteiger partial charge in [0.15, 0.2) is 21.8 Å². The van der Waals surface area contributed by atoms with Crippen molar-refractivity contribution < 1.29 is 18.1 Å². The number of carbonyl (C=O) groups excluding carboxylic acids is 1. The third kappa shape index (κ3) is 3.18. The summed E-state index contributed by atoms with van der Waals surface area (Å²) in [5.74, 6) is 0.400. The van der Waals surface area contributed by atoms with Crippen LogP contribution in [0.3, 0.4) is 0 Å². The summed E-state index contributed by atoms with van der Waals surface area (Å²) in [6, 6.07) is 1.33. The number of nitrogens with one attached hydrogen (secondary N) is 1. The smallest absolute Gasteiger partial charge is 0.251 e. The molecule has 2 atom stereocenters. The van der Waals surface area contributed by atoms with Crippen molar-refractivity contribution in [2.45, 2.75) is 56.4 Å².